The highest BCUT2D eigenvalue weighted by atomic mass is 16.5. The molecule has 0 fully saturated rings. The summed E-state index contributed by atoms with van der Waals surface area (Å²) >= 11 is 0. The molecule has 25 heavy (non-hydrogen) atoms. The van der Waals surface area contributed by atoms with Crippen molar-refractivity contribution in [2.75, 3.05) is 41.0 Å². The molecule has 0 aromatic heterocycles. The number of benzene rings is 1. The van der Waals surface area contributed by atoms with Gasteiger partial charge < -0.3 is 25.2 Å². The predicted molar refractivity (Wildman–Crippen MR) is 104 cm³/mol. The lowest BCUT2D eigenvalue weighted by atomic mass is 9.85. The maximum atomic E-state index is 10.0. The first kappa shape index (κ1) is 21.5. The molecule has 1 atom stereocenters. The van der Waals surface area contributed by atoms with E-state index >= 15 is 0 Å². The van der Waals surface area contributed by atoms with E-state index in [1.165, 1.54) is 0 Å². The van der Waals surface area contributed by atoms with Gasteiger partial charge in [-0.2, -0.15) is 0 Å². The Hall–Kier alpha value is -1.56. The van der Waals surface area contributed by atoms with Crippen LogP contribution < -0.4 is 20.9 Å². The molecule has 0 aliphatic rings. The van der Waals surface area contributed by atoms with E-state index in [1.54, 1.807) is 14.2 Å². The fourth-order valence-electron chi connectivity index (χ4n) is 2.93. The summed E-state index contributed by atoms with van der Waals surface area (Å²) in [5, 5.41) is 12.0. The summed E-state index contributed by atoms with van der Waals surface area (Å²) < 4.78 is 10.8. The van der Waals surface area contributed by atoms with Gasteiger partial charge in [0.05, 0.1) is 20.3 Å². The Morgan fingerprint density at radius 1 is 1.36 bits per heavy atom. The van der Waals surface area contributed by atoms with E-state index in [0.717, 1.165) is 28.3 Å². The normalized spacial score (nSPS) is 15.1. The second kappa shape index (κ2) is 9.80. The summed E-state index contributed by atoms with van der Waals surface area (Å²) in [7, 11) is 5.31. The summed E-state index contributed by atoms with van der Waals surface area (Å²) in [6.45, 7) is 7.41. The molecule has 0 bridgehead atoms. The largest absolute Gasteiger partial charge is 0.496 e. The molecule has 0 saturated carbocycles. The number of aliphatic hydroxyl groups is 1. The van der Waals surface area contributed by atoms with Gasteiger partial charge in [0.25, 0.3) is 0 Å². The van der Waals surface area contributed by atoms with Crippen LogP contribution in [0.15, 0.2) is 18.2 Å². The van der Waals surface area contributed by atoms with E-state index in [2.05, 4.69) is 26.8 Å². The van der Waals surface area contributed by atoms with Gasteiger partial charge in [0.15, 0.2) is 0 Å². The molecule has 0 saturated heterocycles. The van der Waals surface area contributed by atoms with Crippen LogP contribution in [0.25, 0.3) is 11.8 Å². The van der Waals surface area contributed by atoms with Crippen LogP contribution in [0.4, 0.5) is 0 Å². The van der Waals surface area contributed by atoms with Gasteiger partial charge in [-0.25, -0.2) is 0 Å². The van der Waals surface area contributed by atoms with Gasteiger partial charge in [0.1, 0.15) is 5.75 Å². The molecule has 142 valence electrons. The van der Waals surface area contributed by atoms with Crippen LogP contribution in [0.3, 0.4) is 0 Å². The van der Waals surface area contributed by atoms with Gasteiger partial charge >= 0.3 is 0 Å². The molecular weight excluding hydrogens is 316 g/mol. The number of aliphatic hydroxyl groups excluding tert-OH is 1. The van der Waals surface area contributed by atoms with Crippen molar-refractivity contribution < 1.29 is 14.6 Å². The highest BCUT2D eigenvalue weighted by Crippen LogP contribution is 2.20. The lowest BCUT2D eigenvalue weighted by Crippen LogP contribution is -2.48. The van der Waals surface area contributed by atoms with E-state index in [-0.39, 0.29) is 18.1 Å². The smallest absolute Gasteiger partial charge is 0.126 e. The fraction of sp³-hybridized carbons (Fsp3) is 0.600. The number of hydrogen-bond acceptors (Lipinski definition) is 5. The number of likely N-dealkylation sites (N-methyl/N-ethyl adjacent to an activating group) is 1. The molecule has 1 aromatic rings. The van der Waals surface area contributed by atoms with Crippen molar-refractivity contribution in [2.24, 2.45) is 11.1 Å². The molecule has 0 heterocycles. The number of ether oxygens (including phenoxy) is 2. The number of rotatable bonds is 9. The number of methoxy groups -OCH3 is 2. The van der Waals surface area contributed by atoms with Gasteiger partial charge in [-0.05, 0) is 12.5 Å². The second-order valence-corrected chi connectivity index (χ2v) is 7.05. The van der Waals surface area contributed by atoms with Gasteiger partial charge in [-0.15, -0.1) is 0 Å². The minimum Gasteiger partial charge on any atom is -0.496 e. The lowest BCUT2D eigenvalue weighted by Gasteiger charge is -2.35. The van der Waals surface area contributed by atoms with Crippen LogP contribution in [0, 0.1) is 5.41 Å². The highest BCUT2D eigenvalue weighted by molar-refractivity contribution is 5.48. The molecular formula is C20H34N2O3. The summed E-state index contributed by atoms with van der Waals surface area (Å²) in [5.74, 6) is 0.808. The Kier molecular flexibility index (Phi) is 8.42. The van der Waals surface area contributed by atoms with Gasteiger partial charge in [-0.3, -0.25) is 0 Å². The monoisotopic (exact) mass is 350 g/mol. The van der Waals surface area contributed by atoms with Crippen LogP contribution in [-0.2, 0) is 4.74 Å². The van der Waals surface area contributed by atoms with Crippen LogP contribution in [0.5, 0.6) is 5.75 Å². The van der Waals surface area contributed by atoms with Crippen molar-refractivity contribution in [3.63, 3.8) is 0 Å². The highest BCUT2D eigenvalue weighted by Gasteiger charge is 2.27. The Balaban J connectivity index is 3.34. The first-order valence-corrected chi connectivity index (χ1v) is 8.75. The second-order valence-electron chi connectivity index (χ2n) is 7.05. The lowest BCUT2D eigenvalue weighted by molar-refractivity contribution is 0.0793. The minimum atomic E-state index is -0.156. The SMILES string of the molecule is CC/C=c1\c(OC)ccc\c1=C(/CO)N(C)CC(N)C(C)(C)COC. The van der Waals surface area contributed by atoms with Crippen LogP contribution >= 0.6 is 0 Å². The Labute approximate surface area is 151 Å². The van der Waals surface area contributed by atoms with Crippen molar-refractivity contribution in [1.29, 1.82) is 0 Å². The molecule has 0 aliphatic heterocycles. The summed E-state index contributed by atoms with van der Waals surface area (Å²) in [6, 6.07) is 5.80. The zero-order chi connectivity index (χ0) is 19.0. The van der Waals surface area contributed by atoms with E-state index in [9.17, 15) is 5.11 Å². The van der Waals surface area contributed by atoms with E-state index < -0.39 is 0 Å². The number of nitrogens with zero attached hydrogens (tertiary/aromatic N) is 1. The van der Waals surface area contributed by atoms with Crippen molar-refractivity contribution in [2.45, 2.75) is 33.2 Å². The van der Waals surface area contributed by atoms with E-state index in [4.69, 9.17) is 15.2 Å². The van der Waals surface area contributed by atoms with Crippen molar-refractivity contribution in [1.82, 2.24) is 4.90 Å². The molecule has 1 aromatic carbocycles. The molecule has 1 unspecified atom stereocenters. The van der Waals surface area contributed by atoms with Crippen molar-refractivity contribution in [3.8, 4) is 5.75 Å². The molecule has 3 N–H and O–H groups in total. The Morgan fingerprint density at radius 2 is 2.04 bits per heavy atom. The predicted octanol–water partition coefficient (Wildman–Crippen LogP) is 0.918. The minimum absolute atomic E-state index is 0.0638. The third-order valence-corrected chi connectivity index (χ3v) is 4.61. The van der Waals surface area contributed by atoms with Crippen molar-refractivity contribution >= 4 is 11.8 Å². The Morgan fingerprint density at radius 3 is 2.56 bits per heavy atom. The first-order chi connectivity index (χ1) is 11.8. The molecule has 1 rings (SSSR count). The molecule has 0 spiro atoms. The zero-order valence-electron chi connectivity index (χ0n) is 16.5. The van der Waals surface area contributed by atoms with Gasteiger partial charge in [0.2, 0.25) is 0 Å². The molecule has 5 nitrogen and oxygen atoms in total. The molecule has 0 amide bonds. The van der Waals surface area contributed by atoms with Crippen LogP contribution in [-0.4, -0.2) is 57.1 Å². The number of nitrogens with two attached hydrogens (primary N) is 1. The Bertz CT molecular complexity index is 655. The molecule has 0 radical (unpaired) electrons. The summed E-state index contributed by atoms with van der Waals surface area (Å²) in [4.78, 5) is 2.03. The number of hydrogen-bond donors (Lipinski definition) is 2. The third kappa shape index (κ3) is 5.46. The third-order valence-electron chi connectivity index (χ3n) is 4.61. The fourth-order valence-corrected chi connectivity index (χ4v) is 2.93. The van der Waals surface area contributed by atoms with Gasteiger partial charge in [0, 0.05) is 48.3 Å². The van der Waals surface area contributed by atoms with Gasteiger partial charge in [-0.1, -0.05) is 39.0 Å². The van der Waals surface area contributed by atoms with Crippen LogP contribution in [0.1, 0.15) is 27.2 Å². The maximum absolute atomic E-state index is 10.0. The maximum Gasteiger partial charge on any atom is 0.126 e. The topological polar surface area (TPSA) is 68.0 Å². The van der Waals surface area contributed by atoms with E-state index in [0.29, 0.717) is 13.2 Å². The van der Waals surface area contributed by atoms with Crippen LogP contribution in [0.2, 0.25) is 0 Å². The average molecular weight is 351 g/mol. The van der Waals surface area contributed by atoms with Crippen molar-refractivity contribution in [3.05, 3.63) is 28.6 Å². The van der Waals surface area contributed by atoms with E-state index in [1.807, 2.05) is 30.1 Å². The summed E-state index contributed by atoms with van der Waals surface area (Å²) in [5.41, 5.74) is 7.09. The molecule has 5 heteroatoms. The zero-order valence-corrected chi connectivity index (χ0v) is 16.5. The summed E-state index contributed by atoms with van der Waals surface area (Å²) in [6.07, 6.45) is 3.00. The average Bonchev–Trinajstić information content (AvgIpc) is 2.56. The first-order valence-electron chi connectivity index (χ1n) is 8.75. The standard InChI is InChI=1S/C20H34N2O3/c1-7-9-16-15(10-8-11-18(16)25-6)17(13-23)22(4)12-19(21)20(2,3)14-24-5/h8-11,19,23H,7,12-14,21H2,1-6H3/b16-9-,17-15-. The molecule has 0 aliphatic carbocycles. The quantitative estimate of drug-likeness (QED) is 0.693.